The van der Waals surface area contributed by atoms with Gasteiger partial charge in [0.25, 0.3) is 0 Å². The van der Waals surface area contributed by atoms with Crippen LogP contribution in [0.2, 0.25) is 0 Å². The lowest BCUT2D eigenvalue weighted by Gasteiger charge is -2.70. The van der Waals surface area contributed by atoms with Gasteiger partial charge in [0.15, 0.2) is 0 Å². The van der Waals surface area contributed by atoms with E-state index in [0.717, 1.165) is 51.4 Å². The number of aliphatic hydroxyl groups excluding tert-OH is 4. The Hall–Kier alpha value is -0.420. The standard InChI is InChI=1S/C29H48O4/c1-24(2)12-14-28(16-24)15-13-26(4)19(23(28)33)6-7-20-25(3)10-9-22(32)29(17-30,18-31)21(25)8-11-27(20,26)5/h6,20-23,30-33H,7-18H2,1-5H3/t20-,21-,22-,23-,25-,26-,27-,28+/m1/s1. The summed E-state index contributed by atoms with van der Waals surface area (Å²) in [6, 6.07) is 0. The summed E-state index contributed by atoms with van der Waals surface area (Å²) in [4.78, 5) is 0. The van der Waals surface area contributed by atoms with Crippen molar-refractivity contribution in [1.29, 1.82) is 0 Å². The molecule has 0 aliphatic heterocycles. The summed E-state index contributed by atoms with van der Waals surface area (Å²) in [5.41, 5.74) is 0.929. The molecule has 0 bridgehead atoms. The molecule has 4 N–H and O–H groups in total. The van der Waals surface area contributed by atoms with Gasteiger partial charge in [0.2, 0.25) is 0 Å². The predicted molar refractivity (Wildman–Crippen MR) is 130 cm³/mol. The van der Waals surface area contributed by atoms with E-state index in [4.69, 9.17) is 0 Å². The zero-order chi connectivity index (χ0) is 24.1. The maximum Gasteiger partial charge on any atom is 0.0812 e. The van der Waals surface area contributed by atoms with Gasteiger partial charge >= 0.3 is 0 Å². The molecule has 5 aliphatic carbocycles. The summed E-state index contributed by atoms with van der Waals surface area (Å²) in [5, 5.41) is 43.6. The first-order chi connectivity index (χ1) is 15.3. The minimum atomic E-state index is -0.801. The molecule has 0 unspecified atom stereocenters. The van der Waals surface area contributed by atoms with E-state index in [1.54, 1.807) is 0 Å². The van der Waals surface area contributed by atoms with Crippen LogP contribution in [0.4, 0.5) is 0 Å². The zero-order valence-corrected chi connectivity index (χ0v) is 21.7. The number of hydrogen-bond donors (Lipinski definition) is 4. The van der Waals surface area contributed by atoms with Gasteiger partial charge in [0, 0.05) is 10.8 Å². The molecular weight excluding hydrogens is 412 g/mol. The van der Waals surface area contributed by atoms with Gasteiger partial charge < -0.3 is 20.4 Å². The van der Waals surface area contributed by atoms with E-state index >= 15 is 0 Å². The molecule has 0 aromatic carbocycles. The van der Waals surface area contributed by atoms with Crippen molar-refractivity contribution in [3.8, 4) is 0 Å². The van der Waals surface area contributed by atoms with Crippen molar-refractivity contribution in [2.45, 2.75) is 111 Å². The molecule has 33 heavy (non-hydrogen) atoms. The minimum absolute atomic E-state index is 0.0154. The first kappa shape index (κ1) is 24.3. The van der Waals surface area contributed by atoms with Crippen LogP contribution in [0.15, 0.2) is 11.6 Å². The number of rotatable bonds is 2. The van der Waals surface area contributed by atoms with E-state index in [1.165, 1.54) is 12.0 Å². The topological polar surface area (TPSA) is 80.9 Å². The molecule has 0 aromatic rings. The second kappa shape index (κ2) is 7.31. The molecule has 0 saturated heterocycles. The fourth-order valence-electron chi connectivity index (χ4n) is 10.6. The summed E-state index contributed by atoms with van der Waals surface area (Å²) in [5.74, 6) is 0.555. The number of allylic oxidation sites excluding steroid dienone is 1. The van der Waals surface area contributed by atoms with E-state index in [-0.39, 0.29) is 46.9 Å². The first-order valence-corrected chi connectivity index (χ1v) is 13.6. The molecule has 0 aromatic heterocycles. The Kier molecular flexibility index (Phi) is 5.38. The second-order valence-electron chi connectivity index (χ2n) is 14.5. The van der Waals surface area contributed by atoms with Crippen LogP contribution in [0.1, 0.15) is 98.8 Å². The van der Waals surface area contributed by atoms with Crippen LogP contribution >= 0.6 is 0 Å². The van der Waals surface area contributed by atoms with Gasteiger partial charge in [0.1, 0.15) is 0 Å². The summed E-state index contributed by atoms with van der Waals surface area (Å²) in [7, 11) is 0. The van der Waals surface area contributed by atoms with E-state index < -0.39 is 11.5 Å². The Labute approximate surface area is 200 Å². The summed E-state index contributed by atoms with van der Waals surface area (Å²) in [6.07, 6.45) is 11.7. The largest absolute Gasteiger partial charge is 0.396 e. The highest BCUT2D eigenvalue weighted by atomic mass is 16.3. The highest BCUT2D eigenvalue weighted by Gasteiger charge is 2.69. The average Bonchev–Trinajstić information content (AvgIpc) is 3.09. The van der Waals surface area contributed by atoms with Crippen LogP contribution in [0, 0.1) is 44.3 Å². The van der Waals surface area contributed by atoms with Gasteiger partial charge in [-0.1, -0.05) is 40.7 Å². The van der Waals surface area contributed by atoms with Crippen LogP contribution < -0.4 is 0 Å². The fraction of sp³-hybridized carbons (Fsp3) is 0.931. The zero-order valence-electron chi connectivity index (χ0n) is 21.7. The molecule has 4 saturated carbocycles. The van der Waals surface area contributed by atoms with Gasteiger partial charge in [-0.05, 0) is 103 Å². The SMILES string of the molecule is CC1(C)CC[C@]2(CC[C@]3(C)C(=CC[C@@H]4[C@@]5(C)CC[C@@H](O)C(CO)(CO)[C@@H]5CC[C@]43C)[C@H]2O)C1. The normalized spacial score (nSPS) is 52.6. The first-order valence-electron chi connectivity index (χ1n) is 13.6. The molecule has 4 fully saturated rings. The van der Waals surface area contributed by atoms with Gasteiger partial charge in [-0.2, -0.15) is 0 Å². The lowest BCUT2D eigenvalue weighted by atomic mass is 9.34. The van der Waals surface area contributed by atoms with Gasteiger partial charge in [-0.15, -0.1) is 0 Å². The molecule has 1 spiro atoms. The molecule has 0 amide bonds. The Bertz CT molecular complexity index is 829. The van der Waals surface area contributed by atoms with E-state index in [2.05, 4.69) is 40.7 Å². The van der Waals surface area contributed by atoms with Gasteiger partial charge in [-0.25, -0.2) is 0 Å². The minimum Gasteiger partial charge on any atom is -0.396 e. The molecule has 8 atom stereocenters. The number of aliphatic hydroxyl groups is 4. The lowest BCUT2D eigenvalue weighted by molar-refractivity contribution is -0.229. The van der Waals surface area contributed by atoms with Crippen LogP contribution in [0.5, 0.6) is 0 Å². The Morgan fingerprint density at radius 3 is 2.09 bits per heavy atom. The molecule has 5 aliphatic rings. The van der Waals surface area contributed by atoms with Crippen LogP contribution in [-0.4, -0.2) is 45.8 Å². The van der Waals surface area contributed by atoms with E-state index in [1.807, 2.05) is 0 Å². The molecule has 0 radical (unpaired) electrons. The number of hydrogen-bond acceptors (Lipinski definition) is 4. The summed E-state index contributed by atoms with van der Waals surface area (Å²) in [6.45, 7) is 11.7. The molecule has 188 valence electrons. The van der Waals surface area contributed by atoms with Crippen LogP contribution in [0.3, 0.4) is 0 Å². The van der Waals surface area contributed by atoms with E-state index in [9.17, 15) is 20.4 Å². The third kappa shape index (κ3) is 2.90. The van der Waals surface area contributed by atoms with E-state index in [0.29, 0.717) is 17.8 Å². The third-order valence-electron chi connectivity index (χ3n) is 12.8. The van der Waals surface area contributed by atoms with Crippen LogP contribution in [-0.2, 0) is 0 Å². The van der Waals surface area contributed by atoms with Crippen molar-refractivity contribution in [2.75, 3.05) is 13.2 Å². The predicted octanol–water partition coefficient (Wildman–Crippen LogP) is 4.84. The molecular formula is C29H48O4. The Balaban J connectivity index is 1.54. The van der Waals surface area contributed by atoms with Gasteiger partial charge in [-0.3, -0.25) is 0 Å². The second-order valence-corrected chi connectivity index (χ2v) is 14.5. The highest BCUT2D eigenvalue weighted by Crippen LogP contribution is 2.74. The van der Waals surface area contributed by atoms with Crippen molar-refractivity contribution >= 4 is 0 Å². The Morgan fingerprint density at radius 2 is 1.48 bits per heavy atom. The quantitative estimate of drug-likeness (QED) is 0.445. The van der Waals surface area contributed by atoms with Crippen molar-refractivity contribution in [3.63, 3.8) is 0 Å². The smallest absolute Gasteiger partial charge is 0.0812 e. The molecule has 0 heterocycles. The summed E-state index contributed by atoms with van der Waals surface area (Å²) >= 11 is 0. The fourth-order valence-corrected chi connectivity index (χ4v) is 10.6. The third-order valence-corrected chi connectivity index (χ3v) is 12.8. The number of fused-ring (bicyclic) bond motifs is 5. The maximum atomic E-state index is 11.9. The molecule has 4 nitrogen and oxygen atoms in total. The average molecular weight is 461 g/mol. The van der Waals surface area contributed by atoms with Crippen LogP contribution in [0.25, 0.3) is 0 Å². The monoisotopic (exact) mass is 460 g/mol. The highest BCUT2D eigenvalue weighted by molar-refractivity contribution is 5.34. The van der Waals surface area contributed by atoms with Crippen molar-refractivity contribution in [2.24, 2.45) is 44.3 Å². The molecule has 5 rings (SSSR count). The molecule has 4 heteroatoms. The lowest BCUT2D eigenvalue weighted by Crippen LogP contribution is -2.66. The maximum absolute atomic E-state index is 11.9. The summed E-state index contributed by atoms with van der Waals surface area (Å²) < 4.78 is 0. The van der Waals surface area contributed by atoms with Gasteiger partial charge in [0.05, 0.1) is 25.4 Å². The Morgan fingerprint density at radius 1 is 0.818 bits per heavy atom. The van der Waals surface area contributed by atoms with Crippen molar-refractivity contribution in [3.05, 3.63) is 11.6 Å². The van der Waals surface area contributed by atoms with Crippen molar-refractivity contribution < 1.29 is 20.4 Å². The van der Waals surface area contributed by atoms with Crippen molar-refractivity contribution in [1.82, 2.24) is 0 Å².